The lowest BCUT2D eigenvalue weighted by molar-refractivity contribution is -0.137. The van der Waals surface area contributed by atoms with Gasteiger partial charge < -0.3 is 10.6 Å². The summed E-state index contributed by atoms with van der Waals surface area (Å²) in [6, 6.07) is 7.95. The van der Waals surface area contributed by atoms with Crippen LogP contribution in [0.25, 0.3) is 0 Å². The Bertz CT molecular complexity index is 1150. The van der Waals surface area contributed by atoms with E-state index in [-0.39, 0.29) is 22.2 Å². The Balaban J connectivity index is 1.82. The number of piperidine rings is 1. The molecule has 0 radical (unpaired) electrons. The number of amides is 2. The topological polar surface area (TPSA) is 95.6 Å². The Kier molecular flexibility index (Phi) is 7.13. The van der Waals surface area contributed by atoms with Crippen molar-refractivity contribution < 1.29 is 31.2 Å². The van der Waals surface area contributed by atoms with Gasteiger partial charge in [-0.15, -0.1) is 0 Å². The molecule has 11 heteroatoms. The second-order valence-electron chi connectivity index (χ2n) is 7.88. The first-order valence-corrected chi connectivity index (χ1v) is 11.8. The van der Waals surface area contributed by atoms with Crippen LogP contribution in [-0.4, -0.2) is 37.1 Å². The Morgan fingerprint density at radius 2 is 1.70 bits per heavy atom. The Hall–Kier alpha value is -2.92. The maximum atomic E-state index is 13.5. The summed E-state index contributed by atoms with van der Waals surface area (Å²) < 4.78 is 67.7. The fraction of sp³-hybridized carbons (Fsp3) is 0.364. The SMILES string of the molecule is CC(=O)Nc1ccc(NC(=O)c2ccc(S(=O)(=O)N3CCCCC3C)cc2)c(C(F)(F)F)c1. The summed E-state index contributed by atoms with van der Waals surface area (Å²) in [7, 11) is -3.74. The quantitative estimate of drug-likeness (QED) is 0.656. The van der Waals surface area contributed by atoms with Crippen LogP contribution >= 0.6 is 0 Å². The number of carbonyl (C=O) groups is 2. The highest BCUT2D eigenvalue weighted by Crippen LogP contribution is 2.37. The Labute approximate surface area is 190 Å². The van der Waals surface area contributed by atoms with Crippen molar-refractivity contribution in [2.45, 2.75) is 50.2 Å². The van der Waals surface area contributed by atoms with Gasteiger partial charge in [0.25, 0.3) is 5.91 Å². The molecule has 1 atom stereocenters. The molecule has 0 bridgehead atoms. The monoisotopic (exact) mass is 483 g/mol. The summed E-state index contributed by atoms with van der Waals surface area (Å²) in [5, 5.41) is 4.48. The number of sulfonamides is 1. The molecule has 2 amide bonds. The maximum absolute atomic E-state index is 13.5. The van der Waals surface area contributed by atoms with Crippen LogP contribution in [0, 0.1) is 0 Å². The molecule has 3 rings (SSSR count). The molecule has 1 fully saturated rings. The predicted molar refractivity (Wildman–Crippen MR) is 117 cm³/mol. The molecular formula is C22H24F3N3O4S. The highest BCUT2D eigenvalue weighted by Gasteiger charge is 2.35. The van der Waals surface area contributed by atoms with E-state index in [0.29, 0.717) is 6.54 Å². The Morgan fingerprint density at radius 1 is 1.03 bits per heavy atom. The fourth-order valence-electron chi connectivity index (χ4n) is 3.71. The number of hydrogen-bond acceptors (Lipinski definition) is 4. The highest BCUT2D eigenvalue weighted by atomic mass is 32.2. The van der Waals surface area contributed by atoms with Crippen molar-refractivity contribution >= 4 is 33.2 Å². The minimum absolute atomic E-state index is 0.000273. The second kappa shape index (κ2) is 9.52. The van der Waals surface area contributed by atoms with Gasteiger partial charge in [0.15, 0.2) is 0 Å². The second-order valence-corrected chi connectivity index (χ2v) is 9.77. The van der Waals surface area contributed by atoms with Gasteiger partial charge in [0.1, 0.15) is 0 Å². The average molecular weight is 484 g/mol. The minimum atomic E-state index is -4.78. The van der Waals surface area contributed by atoms with E-state index < -0.39 is 39.3 Å². The summed E-state index contributed by atoms with van der Waals surface area (Å²) in [4.78, 5) is 23.7. The van der Waals surface area contributed by atoms with E-state index in [2.05, 4.69) is 10.6 Å². The third kappa shape index (κ3) is 5.72. The van der Waals surface area contributed by atoms with E-state index in [9.17, 15) is 31.2 Å². The van der Waals surface area contributed by atoms with Gasteiger partial charge >= 0.3 is 6.18 Å². The minimum Gasteiger partial charge on any atom is -0.326 e. The summed E-state index contributed by atoms with van der Waals surface area (Å²) in [5.74, 6) is -1.36. The summed E-state index contributed by atoms with van der Waals surface area (Å²) in [6.07, 6.45) is -2.29. The summed E-state index contributed by atoms with van der Waals surface area (Å²) in [5.41, 5.74) is -1.67. The van der Waals surface area contributed by atoms with Gasteiger partial charge in [0, 0.05) is 30.8 Å². The number of carbonyl (C=O) groups excluding carboxylic acids is 2. The number of nitrogens with zero attached hydrogens (tertiary/aromatic N) is 1. The number of rotatable bonds is 5. The van der Waals surface area contributed by atoms with Gasteiger partial charge in [-0.1, -0.05) is 6.42 Å². The molecule has 2 aromatic rings. The average Bonchev–Trinajstić information content (AvgIpc) is 2.74. The third-order valence-corrected chi connectivity index (χ3v) is 7.39. The van der Waals surface area contributed by atoms with Crippen molar-refractivity contribution in [3.05, 3.63) is 53.6 Å². The van der Waals surface area contributed by atoms with Crippen LogP contribution in [0.15, 0.2) is 47.4 Å². The van der Waals surface area contributed by atoms with Crippen LogP contribution in [0.1, 0.15) is 49.0 Å². The zero-order chi connectivity index (χ0) is 24.4. The van der Waals surface area contributed by atoms with Gasteiger partial charge in [-0.2, -0.15) is 17.5 Å². The van der Waals surface area contributed by atoms with Crippen molar-refractivity contribution in [3.63, 3.8) is 0 Å². The third-order valence-electron chi connectivity index (χ3n) is 5.36. The van der Waals surface area contributed by atoms with Crippen molar-refractivity contribution in [1.82, 2.24) is 4.31 Å². The molecule has 178 valence electrons. The van der Waals surface area contributed by atoms with Crippen LogP contribution in [0.3, 0.4) is 0 Å². The molecule has 2 aromatic carbocycles. The van der Waals surface area contributed by atoms with Crippen molar-refractivity contribution in [2.24, 2.45) is 0 Å². The molecule has 0 saturated carbocycles. The molecule has 1 heterocycles. The fourth-order valence-corrected chi connectivity index (χ4v) is 5.41. The van der Waals surface area contributed by atoms with Crippen LogP contribution in [-0.2, 0) is 21.0 Å². The standard InChI is InChI=1S/C22H24F3N3O4S/c1-14-5-3-4-12-28(14)33(31,32)18-9-6-16(7-10-18)21(30)27-20-11-8-17(26-15(2)29)13-19(20)22(23,24)25/h6-11,13-14H,3-5,12H2,1-2H3,(H,26,29)(H,27,30). The van der Waals surface area contributed by atoms with E-state index in [0.717, 1.165) is 31.4 Å². The number of halogens is 3. The van der Waals surface area contributed by atoms with E-state index in [1.165, 1.54) is 41.6 Å². The van der Waals surface area contributed by atoms with Gasteiger partial charge in [-0.3, -0.25) is 9.59 Å². The molecule has 2 N–H and O–H groups in total. The number of nitrogens with one attached hydrogen (secondary N) is 2. The molecule has 7 nitrogen and oxygen atoms in total. The lowest BCUT2D eigenvalue weighted by atomic mass is 10.1. The van der Waals surface area contributed by atoms with Crippen molar-refractivity contribution in [1.29, 1.82) is 0 Å². The van der Waals surface area contributed by atoms with E-state index in [1.807, 2.05) is 6.92 Å². The van der Waals surface area contributed by atoms with Crippen LogP contribution in [0.5, 0.6) is 0 Å². The van der Waals surface area contributed by atoms with Gasteiger partial charge in [0.2, 0.25) is 15.9 Å². The number of benzene rings is 2. The van der Waals surface area contributed by atoms with Crippen LogP contribution < -0.4 is 10.6 Å². The molecular weight excluding hydrogens is 459 g/mol. The lowest BCUT2D eigenvalue weighted by Gasteiger charge is -2.32. The zero-order valence-corrected chi connectivity index (χ0v) is 18.9. The smallest absolute Gasteiger partial charge is 0.326 e. The summed E-state index contributed by atoms with van der Waals surface area (Å²) >= 11 is 0. The first-order chi connectivity index (χ1) is 15.4. The largest absolute Gasteiger partial charge is 0.418 e. The van der Waals surface area contributed by atoms with E-state index >= 15 is 0 Å². The van der Waals surface area contributed by atoms with Gasteiger partial charge in [-0.25, -0.2) is 8.42 Å². The van der Waals surface area contributed by atoms with Gasteiger partial charge in [-0.05, 0) is 62.2 Å². The predicted octanol–water partition coefficient (Wildman–Crippen LogP) is 4.48. The van der Waals surface area contributed by atoms with E-state index in [1.54, 1.807) is 0 Å². The van der Waals surface area contributed by atoms with Crippen LogP contribution in [0.4, 0.5) is 24.5 Å². The molecule has 0 aromatic heterocycles. The van der Waals surface area contributed by atoms with Gasteiger partial charge in [0.05, 0.1) is 16.1 Å². The molecule has 33 heavy (non-hydrogen) atoms. The lowest BCUT2D eigenvalue weighted by Crippen LogP contribution is -2.41. The molecule has 0 spiro atoms. The normalized spacial score (nSPS) is 17.4. The molecule has 1 aliphatic rings. The number of anilines is 2. The molecule has 1 aliphatic heterocycles. The first kappa shape index (κ1) is 24.7. The van der Waals surface area contributed by atoms with Crippen LogP contribution in [0.2, 0.25) is 0 Å². The number of hydrogen-bond donors (Lipinski definition) is 2. The maximum Gasteiger partial charge on any atom is 0.418 e. The Morgan fingerprint density at radius 3 is 2.27 bits per heavy atom. The zero-order valence-electron chi connectivity index (χ0n) is 18.1. The van der Waals surface area contributed by atoms with Crippen molar-refractivity contribution in [2.75, 3.05) is 17.2 Å². The van der Waals surface area contributed by atoms with Crippen molar-refractivity contribution in [3.8, 4) is 0 Å². The summed E-state index contributed by atoms with van der Waals surface area (Å²) in [6.45, 7) is 3.42. The van der Waals surface area contributed by atoms with E-state index in [4.69, 9.17) is 0 Å². The molecule has 0 aliphatic carbocycles. The molecule has 1 saturated heterocycles. The number of alkyl halides is 3. The highest BCUT2D eigenvalue weighted by molar-refractivity contribution is 7.89. The first-order valence-electron chi connectivity index (χ1n) is 10.3. The molecule has 1 unspecified atom stereocenters.